The molecule has 1 atom stereocenters. The number of piperidine rings is 1. The maximum atomic E-state index is 13.7. The maximum absolute atomic E-state index is 13.7. The SMILES string of the molecule is C=C1CCC(Nc2ccc(CC)c(F)c2)C(=C)N1. The Morgan fingerprint density at radius 2 is 2.22 bits per heavy atom. The van der Waals surface area contributed by atoms with Crippen molar-refractivity contribution in [1.82, 2.24) is 5.32 Å². The molecule has 0 saturated carbocycles. The number of allylic oxidation sites excluding steroid dienone is 1. The van der Waals surface area contributed by atoms with Gasteiger partial charge in [-0.05, 0) is 37.0 Å². The van der Waals surface area contributed by atoms with Crippen LogP contribution in [0.25, 0.3) is 0 Å². The van der Waals surface area contributed by atoms with Crippen molar-refractivity contribution in [3.63, 3.8) is 0 Å². The zero-order chi connectivity index (χ0) is 13.1. The molecular formula is C15H19FN2. The molecule has 0 bridgehead atoms. The van der Waals surface area contributed by atoms with Crippen molar-refractivity contribution in [3.8, 4) is 0 Å². The van der Waals surface area contributed by atoms with Crippen molar-refractivity contribution in [2.24, 2.45) is 0 Å². The molecule has 1 aliphatic rings. The van der Waals surface area contributed by atoms with E-state index in [4.69, 9.17) is 0 Å². The second-order valence-electron chi connectivity index (χ2n) is 4.65. The van der Waals surface area contributed by atoms with E-state index in [-0.39, 0.29) is 11.9 Å². The first-order chi connectivity index (χ1) is 8.60. The summed E-state index contributed by atoms with van der Waals surface area (Å²) in [5.41, 5.74) is 3.43. The molecule has 2 rings (SSSR count). The molecule has 1 aromatic rings. The van der Waals surface area contributed by atoms with E-state index in [1.807, 2.05) is 19.1 Å². The Hall–Kier alpha value is -1.77. The highest BCUT2D eigenvalue weighted by molar-refractivity contribution is 5.48. The number of anilines is 1. The molecule has 1 saturated heterocycles. The third-order valence-electron chi connectivity index (χ3n) is 3.27. The fourth-order valence-corrected chi connectivity index (χ4v) is 2.15. The topological polar surface area (TPSA) is 24.1 Å². The largest absolute Gasteiger partial charge is 0.377 e. The van der Waals surface area contributed by atoms with Crippen LogP contribution in [0.4, 0.5) is 10.1 Å². The quantitative estimate of drug-likeness (QED) is 0.851. The van der Waals surface area contributed by atoms with Crippen molar-refractivity contribution in [2.45, 2.75) is 32.2 Å². The van der Waals surface area contributed by atoms with E-state index in [0.29, 0.717) is 6.42 Å². The van der Waals surface area contributed by atoms with E-state index in [2.05, 4.69) is 23.8 Å². The van der Waals surface area contributed by atoms with Crippen LogP contribution in [0.1, 0.15) is 25.3 Å². The highest BCUT2D eigenvalue weighted by Gasteiger charge is 2.18. The van der Waals surface area contributed by atoms with Gasteiger partial charge < -0.3 is 10.6 Å². The van der Waals surface area contributed by atoms with Gasteiger partial charge in [0.1, 0.15) is 5.82 Å². The van der Waals surface area contributed by atoms with Gasteiger partial charge in [0.25, 0.3) is 0 Å². The molecule has 0 aromatic heterocycles. The van der Waals surface area contributed by atoms with Gasteiger partial charge in [-0.1, -0.05) is 26.1 Å². The van der Waals surface area contributed by atoms with E-state index in [1.165, 1.54) is 0 Å². The number of hydrogen-bond acceptors (Lipinski definition) is 2. The van der Waals surface area contributed by atoms with Gasteiger partial charge in [-0.3, -0.25) is 0 Å². The number of rotatable bonds is 3. The molecule has 1 aliphatic heterocycles. The Labute approximate surface area is 108 Å². The van der Waals surface area contributed by atoms with Crippen LogP contribution in [0.15, 0.2) is 42.8 Å². The fraction of sp³-hybridized carbons (Fsp3) is 0.333. The number of nitrogens with one attached hydrogen (secondary N) is 2. The van der Waals surface area contributed by atoms with Crippen LogP contribution in [0.3, 0.4) is 0 Å². The van der Waals surface area contributed by atoms with E-state index in [1.54, 1.807) is 6.07 Å². The lowest BCUT2D eigenvalue weighted by Gasteiger charge is -2.29. The maximum Gasteiger partial charge on any atom is 0.128 e. The lowest BCUT2D eigenvalue weighted by atomic mass is 10.0. The Kier molecular flexibility index (Phi) is 3.70. The molecule has 2 N–H and O–H groups in total. The highest BCUT2D eigenvalue weighted by Crippen LogP contribution is 2.22. The number of halogens is 1. The molecule has 1 aromatic carbocycles. The molecule has 0 aliphatic carbocycles. The predicted octanol–water partition coefficient (Wildman–Crippen LogP) is 3.58. The Morgan fingerprint density at radius 3 is 2.83 bits per heavy atom. The molecule has 1 heterocycles. The summed E-state index contributed by atoms with van der Waals surface area (Å²) in [4.78, 5) is 0. The summed E-state index contributed by atoms with van der Waals surface area (Å²) in [6, 6.07) is 5.42. The molecule has 3 heteroatoms. The molecular weight excluding hydrogens is 227 g/mol. The van der Waals surface area contributed by atoms with Crippen LogP contribution < -0.4 is 10.6 Å². The van der Waals surface area contributed by atoms with Crippen molar-refractivity contribution < 1.29 is 4.39 Å². The predicted molar refractivity (Wildman–Crippen MR) is 73.8 cm³/mol. The van der Waals surface area contributed by atoms with Gasteiger partial charge in [0, 0.05) is 17.1 Å². The standard InChI is InChI=1S/C15H19FN2/c1-4-12-6-7-13(9-14(12)16)18-15-8-5-10(2)17-11(15)3/h6-7,9,15,17-18H,2-5,8H2,1H3. The summed E-state index contributed by atoms with van der Waals surface area (Å²) in [7, 11) is 0. The Morgan fingerprint density at radius 1 is 1.44 bits per heavy atom. The molecule has 18 heavy (non-hydrogen) atoms. The monoisotopic (exact) mass is 246 g/mol. The van der Waals surface area contributed by atoms with Gasteiger partial charge >= 0.3 is 0 Å². The van der Waals surface area contributed by atoms with Crippen LogP contribution in [0.5, 0.6) is 0 Å². The summed E-state index contributed by atoms with van der Waals surface area (Å²) in [6.45, 7) is 9.80. The summed E-state index contributed by atoms with van der Waals surface area (Å²) >= 11 is 0. The lowest BCUT2D eigenvalue weighted by Crippen LogP contribution is -2.34. The van der Waals surface area contributed by atoms with Gasteiger partial charge in [0.15, 0.2) is 0 Å². The molecule has 0 amide bonds. The first-order valence-electron chi connectivity index (χ1n) is 6.28. The second-order valence-corrected chi connectivity index (χ2v) is 4.65. The molecule has 1 unspecified atom stereocenters. The van der Waals surface area contributed by atoms with Crippen LogP contribution in [-0.2, 0) is 6.42 Å². The molecule has 2 nitrogen and oxygen atoms in total. The van der Waals surface area contributed by atoms with E-state index >= 15 is 0 Å². The third kappa shape index (κ3) is 2.73. The first-order valence-corrected chi connectivity index (χ1v) is 6.28. The van der Waals surface area contributed by atoms with Crippen LogP contribution in [0, 0.1) is 5.82 Å². The summed E-state index contributed by atoms with van der Waals surface area (Å²) in [6.07, 6.45) is 2.55. The smallest absolute Gasteiger partial charge is 0.128 e. The summed E-state index contributed by atoms with van der Waals surface area (Å²) in [5.74, 6) is -0.152. The van der Waals surface area contributed by atoms with Crippen molar-refractivity contribution in [2.75, 3.05) is 5.32 Å². The third-order valence-corrected chi connectivity index (χ3v) is 3.27. The second kappa shape index (κ2) is 5.25. The fourth-order valence-electron chi connectivity index (χ4n) is 2.15. The number of benzene rings is 1. The zero-order valence-electron chi connectivity index (χ0n) is 10.7. The van der Waals surface area contributed by atoms with Crippen LogP contribution in [0.2, 0.25) is 0 Å². The minimum Gasteiger partial charge on any atom is -0.377 e. The minimum atomic E-state index is -0.152. The highest BCUT2D eigenvalue weighted by atomic mass is 19.1. The van der Waals surface area contributed by atoms with Crippen LogP contribution >= 0.6 is 0 Å². The molecule has 96 valence electrons. The van der Waals surface area contributed by atoms with E-state index in [0.717, 1.165) is 35.5 Å². The molecule has 0 radical (unpaired) electrons. The van der Waals surface area contributed by atoms with Gasteiger partial charge in [-0.2, -0.15) is 0 Å². The Balaban J connectivity index is 2.07. The number of hydrogen-bond donors (Lipinski definition) is 2. The Bertz CT molecular complexity index is 479. The average molecular weight is 246 g/mol. The number of aryl methyl sites for hydroxylation is 1. The summed E-state index contributed by atoms with van der Waals surface area (Å²) in [5, 5.41) is 6.44. The van der Waals surface area contributed by atoms with Crippen LogP contribution in [-0.4, -0.2) is 6.04 Å². The van der Waals surface area contributed by atoms with E-state index in [9.17, 15) is 4.39 Å². The average Bonchev–Trinajstić information content (AvgIpc) is 2.33. The van der Waals surface area contributed by atoms with Gasteiger partial charge in [0.2, 0.25) is 0 Å². The lowest BCUT2D eigenvalue weighted by molar-refractivity contribution is 0.604. The molecule has 0 spiro atoms. The van der Waals surface area contributed by atoms with Gasteiger partial charge in [-0.15, -0.1) is 0 Å². The van der Waals surface area contributed by atoms with Gasteiger partial charge in [-0.25, -0.2) is 4.39 Å². The normalized spacial score (nSPS) is 19.6. The van der Waals surface area contributed by atoms with Crippen molar-refractivity contribution in [1.29, 1.82) is 0 Å². The van der Waals surface area contributed by atoms with Gasteiger partial charge in [0.05, 0.1) is 6.04 Å². The van der Waals surface area contributed by atoms with E-state index < -0.39 is 0 Å². The van der Waals surface area contributed by atoms with Crippen molar-refractivity contribution in [3.05, 3.63) is 54.1 Å². The minimum absolute atomic E-state index is 0.127. The van der Waals surface area contributed by atoms with Crippen molar-refractivity contribution >= 4 is 5.69 Å². The first kappa shape index (κ1) is 12.7. The molecule has 1 fully saturated rings. The zero-order valence-corrected chi connectivity index (χ0v) is 10.7. The summed E-state index contributed by atoms with van der Waals surface area (Å²) < 4.78 is 13.7.